The summed E-state index contributed by atoms with van der Waals surface area (Å²) >= 11 is 1.78. The number of H-pyrrole nitrogens is 1. The van der Waals surface area contributed by atoms with E-state index in [-0.39, 0.29) is 5.41 Å². The van der Waals surface area contributed by atoms with Crippen molar-refractivity contribution in [1.29, 1.82) is 0 Å². The summed E-state index contributed by atoms with van der Waals surface area (Å²) in [5.41, 5.74) is 6.77. The van der Waals surface area contributed by atoms with E-state index in [9.17, 15) is 0 Å². The van der Waals surface area contributed by atoms with Gasteiger partial charge in [-0.15, -0.1) is 11.3 Å². The molecule has 2 rings (SSSR count). The topological polar surface area (TPSA) is 54.7 Å². The molecule has 2 heterocycles. The average molecular weight is 221 g/mol. The van der Waals surface area contributed by atoms with Crippen LogP contribution in [0.2, 0.25) is 0 Å². The van der Waals surface area contributed by atoms with Gasteiger partial charge in [-0.2, -0.15) is 5.10 Å². The van der Waals surface area contributed by atoms with Gasteiger partial charge in [0.1, 0.15) is 5.82 Å². The standard InChI is InChI=1S/C11H15N3S/c1-11(2,3)9-5-4-8(15-9)7-6-10(12)14-13-7/h4-6H,1-3H3,(H3,12,13,14). The molecule has 0 saturated carbocycles. The van der Waals surface area contributed by atoms with Gasteiger partial charge in [-0.3, -0.25) is 5.10 Å². The normalized spacial score (nSPS) is 11.9. The molecule has 0 saturated heterocycles. The van der Waals surface area contributed by atoms with Crippen LogP contribution >= 0.6 is 11.3 Å². The number of hydrogen-bond acceptors (Lipinski definition) is 3. The van der Waals surface area contributed by atoms with Crippen LogP contribution < -0.4 is 5.73 Å². The molecule has 3 nitrogen and oxygen atoms in total. The molecular formula is C11H15N3S. The number of aromatic nitrogens is 2. The summed E-state index contributed by atoms with van der Waals surface area (Å²) in [4.78, 5) is 2.55. The Morgan fingerprint density at radius 1 is 1.33 bits per heavy atom. The Labute approximate surface area is 93.3 Å². The van der Waals surface area contributed by atoms with Crippen LogP contribution in [0.4, 0.5) is 5.82 Å². The second-order valence-electron chi connectivity index (χ2n) is 4.62. The number of rotatable bonds is 1. The van der Waals surface area contributed by atoms with Crippen LogP contribution in [0.3, 0.4) is 0 Å². The van der Waals surface area contributed by atoms with E-state index in [1.165, 1.54) is 9.75 Å². The number of anilines is 1. The molecule has 0 aliphatic heterocycles. The van der Waals surface area contributed by atoms with Gasteiger partial charge >= 0.3 is 0 Å². The van der Waals surface area contributed by atoms with E-state index >= 15 is 0 Å². The second-order valence-corrected chi connectivity index (χ2v) is 5.70. The van der Waals surface area contributed by atoms with E-state index in [2.05, 4.69) is 43.1 Å². The summed E-state index contributed by atoms with van der Waals surface area (Å²) in [6.07, 6.45) is 0. The van der Waals surface area contributed by atoms with E-state index in [1.807, 2.05) is 6.07 Å². The molecular weight excluding hydrogens is 206 g/mol. The van der Waals surface area contributed by atoms with Gasteiger partial charge in [-0.25, -0.2) is 0 Å². The highest BCUT2D eigenvalue weighted by Gasteiger charge is 2.16. The Kier molecular flexibility index (Phi) is 2.31. The molecule has 0 atom stereocenters. The maximum Gasteiger partial charge on any atom is 0.145 e. The van der Waals surface area contributed by atoms with Crippen LogP contribution in [0.15, 0.2) is 18.2 Å². The minimum atomic E-state index is 0.203. The SMILES string of the molecule is CC(C)(C)c1ccc(-c2cc(N)n[nH]2)s1. The monoisotopic (exact) mass is 221 g/mol. The number of aromatic amines is 1. The van der Waals surface area contributed by atoms with Gasteiger partial charge in [-0.1, -0.05) is 20.8 Å². The van der Waals surface area contributed by atoms with Gasteiger partial charge in [0.25, 0.3) is 0 Å². The van der Waals surface area contributed by atoms with Crippen molar-refractivity contribution in [2.45, 2.75) is 26.2 Å². The smallest absolute Gasteiger partial charge is 0.145 e. The lowest BCUT2D eigenvalue weighted by Gasteiger charge is -2.15. The molecule has 0 aliphatic carbocycles. The fourth-order valence-corrected chi connectivity index (χ4v) is 2.38. The molecule has 15 heavy (non-hydrogen) atoms. The van der Waals surface area contributed by atoms with Crippen molar-refractivity contribution in [2.24, 2.45) is 0 Å². The molecule has 2 aromatic rings. The van der Waals surface area contributed by atoms with Crippen molar-refractivity contribution in [3.05, 3.63) is 23.1 Å². The number of nitrogens with zero attached hydrogens (tertiary/aromatic N) is 1. The molecule has 0 fully saturated rings. The third kappa shape index (κ3) is 2.04. The van der Waals surface area contributed by atoms with Crippen molar-refractivity contribution in [2.75, 3.05) is 5.73 Å². The predicted octanol–water partition coefficient (Wildman–Crippen LogP) is 3.02. The van der Waals surface area contributed by atoms with Crippen LogP contribution in [0.25, 0.3) is 10.6 Å². The fourth-order valence-electron chi connectivity index (χ4n) is 1.35. The first kappa shape index (κ1) is 10.2. The molecule has 0 radical (unpaired) electrons. The Bertz CT molecular complexity index is 462. The summed E-state index contributed by atoms with van der Waals surface area (Å²) in [7, 11) is 0. The van der Waals surface area contributed by atoms with Crippen LogP contribution in [0, 0.1) is 0 Å². The number of nitrogen functional groups attached to an aromatic ring is 1. The first-order valence-electron chi connectivity index (χ1n) is 4.88. The number of nitrogens with two attached hydrogens (primary N) is 1. The molecule has 0 unspecified atom stereocenters. The van der Waals surface area contributed by atoms with Crippen LogP contribution in [0.1, 0.15) is 25.6 Å². The van der Waals surface area contributed by atoms with Crippen molar-refractivity contribution in [3.63, 3.8) is 0 Å². The quantitative estimate of drug-likeness (QED) is 0.777. The summed E-state index contributed by atoms with van der Waals surface area (Å²) in [5.74, 6) is 0.538. The minimum absolute atomic E-state index is 0.203. The van der Waals surface area contributed by atoms with Gasteiger partial charge < -0.3 is 5.73 Å². The molecule has 2 aromatic heterocycles. The number of thiophene rings is 1. The molecule has 0 amide bonds. The highest BCUT2D eigenvalue weighted by Crippen LogP contribution is 2.34. The first-order chi connectivity index (χ1) is 6.97. The van der Waals surface area contributed by atoms with Gasteiger partial charge in [0, 0.05) is 10.9 Å². The molecule has 0 aromatic carbocycles. The van der Waals surface area contributed by atoms with Crippen molar-refractivity contribution in [3.8, 4) is 10.6 Å². The van der Waals surface area contributed by atoms with E-state index in [0.717, 1.165) is 5.69 Å². The third-order valence-electron chi connectivity index (χ3n) is 2.21. The van der Waals surface area contributed by atoms with Crippen LogP contribution in [-0.4, -0.2) is 10.2 Å². The van der Waals surface area contributed by atoms with E-state index in [4.69, 9.17) is 5.73 Å². The average Bonchev–Trinajstić information content (AvgIpc) is 2.69. The highest BCUT2D eigenvalue weighted by atomic mass is 32.1. The molecule has 80 valence electrons. The van der Waals surface area contributed by atoms with Gasteiger partial charge in [0.2, 0.25) is 0 Å². The van der Waals surface area contributed by atoms with Crippen molar-refractivity contribution in [1.82, 2.24) is 10.2 Å². The van der Waals surface area contributed by atoms with E-state index < -0.39 is 0 Å². The lowest BCUT2D eigenvalue weighted by Crippen LogP contribution is -2.07. The lowest BCUT2D eigenvalue weighted by atomic mass is 9.95. The molecule has 0 bridgehead atoms. The minimum Gasteiger partial charge on any atom is -0.382 e. The van der Waals surface area contributed by atoms with Crippen molar-refractivity contribution >= 4 is 17.2 Å². The summed E-state index contributed by atoms with van der Waals surface area (Å²) < 4.78 is 0. The van der Waals surface area contributed by atoms with Crippen LogP contribution in [-0.2, 0) is 5.41 Å². The van der Waals surface area contributed by atoms with Gasteiger partial charge in [0.15, 0.2) is 0 Å². The Hall–Kier alpha value is -1.29. The molecule has 4 heteroatoms. The Balaban J connectivity index is 2.36. The molecule has 0 spiro atoms. The van der Waals surface area contributed by atoms with Gasteiger partial charge in [-0.05, 0) is 17.5 Å². The maximum atomic E-state index is 5.57. The fraction of sp³-hybridized carbons (Fsp3) is 0.364. The maximum absolute atomic E-state index is 5.57. The molecule has 3 N–H and O–H groups in total. The second kappa shape index (κ2) is 3.38. The lowest BCUT2D eigenvalue weighted by molar-refractivity contribution is 0.604. The van der Waals surface area contributed by atoms with E-state index in [0.29, 0.717) is 5.82 Å². The number of hydrogen-bond donors (Lipinski definition) is 2. The Morgan fingerprint density at radius 3 is 2.53 bits per heavy atom. The highest BCUT2D eigenvalue weighted by molar-refractivity contribution is 7.15. The number of nitrogens with one attached hydrogen (secondary N) is 1. The summed E-state index contributed by atoms with van der Waals surface area (Å²) in [5, 5.41) is 6.85. The zero-order valence-corrected chi connectivity index (χ0v) is 9.98. The van der Waals surface area contributed by atoms with Gasteiger partial charge in [0.05, 0.1) is 10.6 Å². The summed E-state index contributed by atoms with van der Waals surface area (Å²) in [6.45, 7) is 6.64. The largest absolute Gasteiger partial charge is 0.382 e. The predicted molar refractivity (Wildman–Crippen MR) is 65.0 cm³/mol. The first-order valence-corrected chi connectivity index (χ1v) is 5.70. The Morgan fingerprint density at radius 2 is 2.07 bits per heavy atom. The summed E-state index contributed by atoms with van der Waals surface area (Å²) in [6, 6.07) is 6.13. The zero-order chi connectivity index (χ0) is 11.1. The zero-order valence-electron chi connectivity index (χ0n) is 9.16. The van der Waals surface area contributed by atoms with Crippen LogP contribution in [0.5, 0.6) is 0 Å². The molecule has 0 aliphatic rings. The third-order valence-corrected chi connectivity index (χ3v) is 3.75. The van der Waals surface area contributed by atoms with E-state index in [1.54, 1.807) is 11.3 Å². The van der Waals surface area contributed by atoms with Crippen molar-refractivity contribution < 1.29 is 0 Å².